The maximum Gasteiger partial charge on any atom is 0.160 e. The number of benzene rings is 7. The zero-order chi connectivity index (χ0) is 36.3. The Labute approximate surface area is 328 Å². The van der Waals surface area contributed by atoms with E-state index in [0.29, 0.717) is 0 Å². The maximum atomic E-state index is 5.06. The first-order chi connectivity index (χ1) is 27.2. The van der Waals surface area contributed by atoms with E-state index in [9.17, 15) is 0 Å². The molecule has 0 fully saturated rings. The average Bonchev–Trinajstić information content (AvgIpc) is 3.58. The molecule has 0 radical (unpaired) electrons. The molecule has 9 aromatic rings. The zero-order valence-corrected chi connectivity index (χ0v) is 31.4. The molecule has 7 aromatic carbocycles. The molecule has 0 bridgehead atoms. The fraction of sp³-hybridized carbons (Fsp3) is 0.0400. The molecule has 0 saturated heterocycles. The Morgan fingerprint density at radius 3 is 1.84 bits per heavy atom. The summed E-state index contributed by atoms with van der Waals surface area (Å²) >= 11 is 3.76. The third kappa shape index (κ3) is 5.70. The summed E-state index contributed by atoms with van der Waals surface area (Å²) in [5.41, 5.74) is 10.0. The molecule has 5 heteroatoms. The average molecular weight is 740 g/mol. The summed E-state index contributed by atoms with van der Waals surface area (Å²) in [4.78, 5) is 15.4. The zero-order valence-electron chi connectivity index (χ0n) is 29.8. The Morgan fingerprint density at radius 2 is 1.16 bits per heavy atom. The van der Waals surface area contributed by atoms with Crippen LogP contribution in [0.4, 0.5) is 0 Å². The van der Waals surface area contributed by atoms with Crippen molar-refractivity contribution in [2.45, 2.75) is 31.9 Å². The monoisotopic (exact) mass is 739 g/mol. The van der Waals surface area contributed by atoms with E-state index in [1.165, 1.54) is 63.4 Å². The number of hydrogen-bond donors (Lipinski definition) is 0. The lowest BCUT2D eigenvalue weighted by molar-refractivity contribution is 0.854. The van der Waals surface area contributed by atoms with E-state index in [1.54, 1.807) is 0 Å². The van der Waals surface area contributed by atoms with Crippen LogP contribution in [-0.4, -0.2) is 14.5 Å². The van der Waals surface area contributed by atoms with E-state index in [-0.39, 0.29) is 5.92 Å². The lowest BCUT2D eigenvalue weighted by Crippen LogP contribution is -2.03. The fourth-order valence-electron chi connectivity index (χ4n) is 8.06. The predicted octanol–water partition coefficient (Wildman–Crippen LogP) is 13.8. The van der Waals surface area contributed by atoms with Gasteiger partial charge in [0, 0.05) is 64.0 Å². The Morgan fingerprint density at radius 1 is 0.527 bits per heavy atom. The standard InChI is InChI=1S/C50H33N3S2/c1-3-12-35(13-4-1)42-30-43(36-14-5-2-6-15-36)52-50(51-42)37-21-19-32(20-22-37)33-23-26-38(27-24-33)53-44-31-48-47(54-45-17-9-10-18-46(45)55-48)29-41(44)40-28-25-34-11-7-8-16-39(34)49(40)53/h1-19,21-32H,20H2. The number of nitrogens with zero attached hydrogens (tertiary/aromatic N) is 3. The van der Waals surface area contributed by atoms with Gasteiger partial charge >= 0.3 is 0 Å². The molecule has 0 N–H and O–H groups in total. The minimum absolute atomic E-state index is 0.267. The quantitative estimate of drug-likeness (QED) is 0.176. The van der Waals surface area contributed by atoms with E-state index < -0.39 is 0 Å². The van der Waals surface area contributed by atoms with Crippen LogP contribution in [-0.2, 0) is 0 Å². The summed E-state index contributed by atoms with van der Waals surface area (Å²) in [5.74, 6) is 1.02. The summed E-state index contributed by atoms with van der Waals surface area (Å²) in [6.45, 7) is 0. The van der Waals surface area contributed by atoms with Crippen LogP contribution >= 0.6 is 23.5 Å². The van der Waals surface area contributed by atoms with Gasteiger partial charge < -0.3 is 4.57 Å². The SMILES string of the molecule is C1=CC(c2ccc(-n3c4cc5c(cc4c4ccc6ccccc6c43)Sc3ccccc3S5)cc2)CC=C1c1nc(-c2ccccc2)cc(-c2ccccc2)n1. The Balaban J connectivity index is 0.952. The number of hydrogen-bond acceptors (Lipinski definition) is 4. The minimum atomic E-state index is 0.267. The van der Waals surface area contributed by atoms with Crippen molar-refractivity contribution in [1.29, 1.82) is 0 Å². The van der Waals surface area contributed by atoms with Crippen molar-refractivity contribution in [3.8, 4) is 28.2 Å². The first-order valence-electron chi connectivity index (χ1n) is 18.7. The number of fused-ring (bicyclic) bond motifs is 7. The molecule has 2 aliphatic rings. The van der Waals surface area contributed by atoms with Crippen LogP contribution in [0.25, 0.3) is 66.4 Å². The van der Waals surface area contributed by atoms with Crippen molar-refractivity contribution in [2.24, 2.45) is 0 Å². The van der Waals surface area contributed by atoms with Crippen molar-refractivity contribution < 1.29 is 0 Å². The summed E-state index contributed by atoms with van der Waals surface area (Å²) in [7, 11) is 0. The van der Waals surface area contributed by atoms with Gasteiger partial charge in [-0.25, -0.2) is 9.97 Å². The third-order valence-electron chi connectivity index (χ3n) is 10.8. The van der Waals surface area contributed by atoms with E-state index in [2.05, 4.69) is 174 Å². The number of allylic oxidation sites excluding steroid dienone is 4. The molecule has 1 unspecified atom stereocenters. The van der Waals surface area contributed by atoms with Crippen molar-refractivity contribution in [3.05, 3.63) is 193 Å². The minimum Gasteiger partial charge on any atom is -0.309 e. The third-order valence-corrected chi connectivity index (χ3v) is 13.3. The van der Waals surface area contributed by atoms with Crippen molar-refractivity contribution in [2.75, 3.05) is 0 Å². The number of aromatic nitrogens is 3. The van der Waals surface area contributed by atoms with Crippen molar-refractivity contribution in [3.63, 3.8) is 0 Å². The molecule has 0 amide bonds. The highest BCUT2D eigenvalue weighted by Crippen LogP contribution is 2.51. The highest BCUT2D eigenvalue weighted by molar-refractivity contribution is 8.05. The van der Waals surface area contributed by atoms with Crippen molar-refractivity contribution in [1.82, 2.24) is 14.5 Å². The molecule has 1 aliphatic heterocycles. The second-order valence-electron chi connectivity index (χ2n) is 14.1. The molecule has 260 valence electrons. The molecule has 1 aliphatic carbocycles. The second kappa shape index (κ2) is 13.3. The topological polar surface area (TPSA) is 30.7 Å². The first-order valence-corrected chi connectivity index (χ1v) is 20.3. The highest BCUT2D eigenvalue weighted by Gasteiger charge is 2.23. The van der Waals surface area contributed by atoms with Crippen LogP contribution in [0.5, 0.6) is 0 Å². The Bertz CT molecular complexity index is 2940. The molecule has 11 rings (SSSR count). The van der Waals surface area contributed by atoms with Crippen LogP contribution in [0.3, 0.4) is 0 Å². The van der Waals surface area contributed by atoms with Crippen LogP contribution in [0, 0.1) is 0 Å². The van der Waals surface area contributed by atoms with Gasteiger partial charge in [0.1, 0.15) is 0 Å². The molecule has 1 atom stereocenters. The summed E-state index contributed by atoms with van der Waals surface area (Å²) < 4.78 is 2.49. The molecular formula is C50H33N3S2. The molecule has 0 spiro atoms. The highest BCUT2D eigenvalue weighted by atomic mass is 32.2. The van der Waals surface area contributed by atoms with Crippen LogP contribution in [0.2, 0.25) is 0 Å². The smallest absolute Gasteiger partial charge is 0.160 e. The van der Waals surface area contributed by atoms with Crippen LogP contribution in [0.15, 0.2) is 202 Å². The van der Waals surface area contributed by atoms with E-state index in [0.717, 1.165) is 40.3 Å². The van der Waals surface area contributed by atoms with E-state index in [4.69, 9.17) is 9.97 Å². The van der Waals surface area contributed by atoms with Gasteiger partial charge in [-0.05, 0) is 59.8 Å². The summed E-state index contributed by atoms with van der Waals surface area (Å²) in [5, 5.41) is 5.09. The largest absolute Gasteiger partial charge is 0.309 e. The van der Waals surface area contributed by atoms with Gasteiger partial charge in [0.25, 0.3) is 0 Å². The lowest BCUT2D eigenvalue weighted by Gasteiger charge is -2.19. The maximum absolute atomic E-state index is 5.06. The summed E-state index contributed by atoms with van der Waals surface area (Å²) in [6.07, 6.45) is 7.70. The van der Waals surface area contributed by atoms with Gasteiger partial charge in [-0.1, -0.05) is 163 Å². The molecular weight excluding hydrogens is 707 g/mol. The van der Waals surface area contributed by atoms with E-state index >= 15 is 0 Å². The fourth-order valence-corrected chi connectivity index (χ4v) is 10.3. The Hall–Kier alpha value is -6.14. The summed E-state index contributed by atoms with van der Waals surface area (Å²) in [6, 6.07) is 59.0. The van der Waals surface area contributed by atoms with Gasteiger partial charge in [0.2, 0.25) is 0 Å². The molecule has 55 heavy (non-hydrogen) atoms. The molecule has 0 saturated carbocycles. The normalized spacial score (nSPS) is 14.9. The van der Waals surface area contributed by atoms with Gasteiger partial charge in [-0.2, -0.15) is 0 Å². The molecule has 3 nitrogen and oxygen atoms in total. The van der Waals surface area contributed by atoms with E-state index in [1.807, 2.05) is 35.7 Å². The van der Waals surface area contributed by atoms with Crippen LogP contribution < -0.4 is 0 Å². The second-order valence-corrected chi connectivity index (χ2v) is 16.3. The molecule has 3 heterocycles. The molecule has 2 aromatic heterocycles. The number of rotatable bonds is 5. The van der Waals surface area contributed by atoms with Gasteiger partial charge in [0.05, 0.1) is 22.4 Å². The first kappa shape index (κ1) is 32.3. The van der Waals surface area contributed by atoms with Crippen LogP contribution in [0.1, 0.15) is 23.7 Å². The van der Waals surface area contributed by atoms with Gasteiger partial charge in [-0.15, -0.1) is 0 Å². The van der Waals surface area contributed by atoms with Gasteiger partial charge in [-0.3, -0.25) is 0 Å². The lowest BCUT2D eigenvalue weighted by atomic mass is 9.90. The Kier molecular flexibility index (Phi) is 7.82. The van der Waals surface area contributed by atoms with Gasteiger partial charge in [0.15, 0.2) is 5.82 Å². The predicted molar refractivity (Wildman–Crippen MR) is 230 cm³/mol. The van der Waals surface area contributed by atoms with Crippen molar-refractivity contribution >= 4 is 61.7 Å².